The van der Waals surface area contributed by atoms with Crippen molar-refractivity contribution in [2.24, 2.45) is 0 Å². The van der Waals surface area contributed by atoms with E-state index in [-0.39, 0.29) is 49.1 Å². The van der Waals surface area contributed by atoms with Gasteiger partial charge in [-0.15, -0.1) is 0 Å². The number of aliphatic carboxylic acids is 1. The fourth-order valence-electron chi connectivity index (χ4n) is 7.22. The normalized spacial score (nSPS) is 13.5. The predicted molar refractivity (Wildman–Crippen MR) is 263 cm³/mol. The molecule has 0 aromatic carbocycles. The van der Waals surface area contributed by atoms with Gasteiger partial charge in [-0.3, -0.25) is 9.59 Å². The molecular weight excluding hydrogens is 787 g/mol. The number of carboxylic acid groups (broad SMARTS) is 1. The molecule has 0 radical (unpaired) electrons. The van der Waals surface area contributed by atoms with Crippen LogP contribution in [0.3, 0.4) is 0 Å². The molecule has 0 amide bonds. The number of allylic oxidation sites excluding steroid dienone is 12. The molecule has 2 unspecified atom stereocenters. The molecule has 0 spiro atoms. The standard InChI is InChI=1S/C55H95NO7/c1-6-8-10-12-14-16-18-20-22-24-26-28-30-32-34-36-38-40-42-44-46-54(58)63-51(49-61-48-47-52(55(59)60)56(3,4)5)50-62-53(57)45-43-41-39-37-35-33-31-29-27-25-23-21-19-17-15-13-11-9-7-2/h9,11,15,17,21,23,27,29,33,35,39,41,51-52H,6-8,10,12-14,16,18-20,22,24-26,28,30-32,34,36-38,40,42-50H2,1-5H3/b11-9+,17-15+,23-21+,29-27+,35-33+,41-39+. The van der Waals surface area contributed by atoms with Gasteiger partial charge in [0.1, 0.15) is 12.6 Å². The fourth-order valence-corrected chi connectivity index (χ4v) is 7.22. The number of esters is 2. The lowest BCUT2D eigenvalue weighted by Crippen LogP contribution is -2.55. The molecule has 0 aromatic heterocycles. The molecule has 0 saturated carbocycles. The van der Waals surface area contributed by atoms with E-state index in [2.05, 4.69) is 74.6 Å². The van der Waals surface area contributed by atoms with Crippen molar-refractivity contribution in [2.75, 3.05) is 41.0 Å². The number of quaternary nitrogens is 1. The van der Waals surface area contributed by atoms with Crippen LogP contribution in [0.2, 0.25) is 0 Å². The molecule has 0 aliphatic heterocycles. The molecule has 0 N–H and O–H groups in total. The van der Waals surface area contributed by atoms with Crippen LogP contribution in [0, 0.1) is 0 Å². The van der Waals surface area contributed by atoms with Gasteiger partial charge < -0.3 is 28.6 Å². The third-order valence-corrected chi connectivity index (χ3v) is 11.1. The molecule has 8 nitrogen and oxygen atoms in total. The molecule has 0 aliphatic rings. The maximum atomic E-state index is 12.8. The molecule has 0 aromatic rings. The highest BCUT2D eigenvalue weighted by Crippen LogP contribution is 2.16. The lowest BCUT2D eigenvalue weighted by molar-refractivity contribution is -0.889. The van der Waals surface area contributed by atoms with Crippen molar-refractivity contribution in [3.05, 3.63) is 72.9 Å². The van der Waals surface area contributed by atoms with Crippen LogP contribution < -0.4 is 5.11 Å². The zero-order chi connectivity index (χ0) is 46.3. The number of likely N-dealkylation sites (N-methyl/N-ethyl adjacent to an activating group) is 1. The third-order valence-electron chi connectivity index (χ3n) is 11.1. The van der Waals surface area contributed by atoms with Crippen LogP contribution >= 0.6 is 0 Å². The van der Waals surface area contributed by atoms with E-state index in [0.717, 1.165) is 57.8 Å². The Labute approximate surface area is 387 Å². The number of unbranched alkanes of at least 4 members (excludes halogenated alkanes) is 19. The second-order valence-corrected chi connectivity index (χ2v) is 18.0. The summed E-state index contributed by atoms with van der Waals surface area (Å²) in [6, 6.07) is -0.739. The molecule has 0 bridgehead atoms. The molecule has 0 rings (SSSR count). The summed E-state index contributed by atoms with van der Waals surface area (Å²) in [4.78, 5) is 37.0. The maximum Gasteiger partial charge on any atom is 0.306 e. The summed E-state index contributed by atoms with van der Waals surface area (Å²) in [6.07, 6.45) is 58.1. The molecular formula is C55H95NO7. The van der Waals surface area contributed by atoms with Gasteiger partial charge in [0, 0.05) is 19.3 Å². The van der Waals surface area contributed by atoms with Gasteiger partial charge in [-0.25, -0.2) is 0 Å². The number of hydrogen-bond acceptors (Lipinski definition) is 7. The first kappa shape index (κ1) is 59.8. The first-order valence-corrected chi connectivity index (χ1v) is 25.5. The lowest BCUT2D eigenvalue weighted by Gasteiger charge is -2.34. The van der Waals surface area contributed by atoms with Crippen molar-refractivity contribution in [1.29, 1.82) is 0 Å². The summed E-state index contributed by atoms with van der Waals surface area (Å²) in [7, 11) is 5.39. The number of carbonyl (C=O) groups is 3. The van der Waals surface area contributed by atoms with Gasteiger partial charge in [0.05, 0.1) is 40.3 Å². The van der Waals surface area contributed by atoms with Gasteiger partial charge in [-0.1, -0.05) is 209 Å². The number of carboxylic acids is 1. The average molecular weight is 882 g/mol. The van der Waals surface area contributed by atoms with Crippen LogP contribution in [0.15, 0.2) is 72.9 Å². The van der Waals surface area contributed by atoms with Crippen molar-refractivity contribution in [3.8, 4) is 0 Å². The number of ether oxygens (including phenoxy) is 3. The highest BCUT2D eigenvalue weighted by atomic mass is 16.6. The summed E-state index contributed by atoms with van der Waals surface area (Å²) >= 11 is 0. The van der Waals surface area contributed by atoms with Gasteiger partial charge in [0.2, 0.25) is 0 Å². The van der Waals surface area contributed by atoms with Crippen molar-refractivity contribution >= 4 is 17.9 Å². The first-order valence-electron chi connectivity index (χ1n) is 25.5. The topological polar surface area (TPSA) is 102 Å². The van der Waals surface area contributed by atoms with Gasteiger partial charge in [-0.2, -0.15) is 0 Å². The van der Waals surface area contributed by atoms with Gasteiger partial charge in [-0.05, 0) is 51.4 Å². The van der Waals surface area contributed by atoms with Crippen molar-refractivity contribution in [1.82, 2.24) is 0 Å². The first-order chi connectivity index (χ1) is 30.6. The van der Waals surface area contributed by atoms with E-state index in [1.165, 1.54) is 109 Å². The minimum Gasteiger partial charge on any atom is -0.544 e. The summed E-state index contributed by atoms with van der Waals surface area (Å²) < 4.78 is 17.2. The molecule has 63 heavy (non-hydrogen) atoms. The van der Waals surface area contributed by atoms with E-state index < -0.39 is 18.1 Å². The second kappa shape index (κ2) is 45.3. The van der Waals surface area contributed by atoms with Crippen molar-refractivity contribution in [2.45, 2.75) is 219 Å². The van der Waals surface area contributed by atoms with E-state index in [1.54, 1.807) is 21.1 Å². The van der Waals surface area contributed by atoms with Crippen LogP contribution in [0.25, 0.3) is 0 Å². The Morgan fingerprint density at radius 2 is 0.889 bits per heavy atom. The quantitative estimate of drug-likeness (QED) is 0.0260. The van der Waals surface area contributed by atoms with Crippen LogP contribution in [0.5, 0.6) is 0 Å². The van der Waals surface area contributed by atoms with Crippen LogP contribution in [-0.4, -0.2) is 75.5 Å². The van der Waals surface area contributed by atoms with E-state index in [9.17, 15) is 19.5 Å². The zero-order valence-corrected chi connectivity index (χ0v) is 41.2. The number of carbonyl (C=O) groups excluding carboxylic acids is 3. The number of nitrogens with zero attached hydrogens (tertiary/aromatic N) is 1. The molecule has 8 heteroatoms. The third kappa shape index (κ3) is 43.8. The number of hydrogen-bond donors (Lipinski definition) is 0. The van der Waals surface area contributed by atoms with Gasteiger partial charge >= 0.3 is 11.9 Å². The lowest BCUT2D eigenvalue weighted by atomic mass is 10.0. The van der Waals surface area contributed by atoms with E-state index in [4.69, 9.17) is 14.2 Å². The Bertz CT molecular complexity index is 1260. The van der Waals surface area contributed by atoms with E-state index >= 15 is 0 Å². The van der Waals surface area contributed by atoms with E-state index in [1.807, 2.05) is 12.2 Å². The van der Waals surface area contributed by atoms with Gasteiger partial charge in [0.25, 0.3) is 0 Å². The largest absolute Gasteiger partial charge is 0.544 e. The Balaban J connectivity index is 4.35. The van der Waals surface area contributed by atoms with Crippen LogP contribution in [0.1, 0.15) is 206 Å². The van der Waals surface area contributed by atoms with E-state index in [0.29, 0.717) is 12.8 Å². The smallest absolute Gasteiger partial charge is 0.306 e. The minimum absolute atomic E-state index is 0.0162. The summed E-state index contributed by atoms with van der Waals surface area (Å²) in [5, 5.41) is 11.7. The Morgan fingerprint density at radius 1 is 0.492 bits per heavy atom. The predicted octanol–water partition coefficient (Wildman–Crippen LogP) is 13.4. The monoisotopic (exact) mass is 882 g/mol. The Kier molecular flexibility index (Phi) is 43.0. The SMILES string of the molecule is CC/C=C/C/C=C/C/C=C/C/C=C/C/C=C/C/C=C/CCC(=O)OCC(COCCC(C(=O)[O-])[N+](C)(C)C)OC(=O)CCCCCCCCCCCCCCCCCCCCCC. The number of rotatable bonds is 45. The van der Waals surface area contributed by atoms with Gasteiger partial charge in [0.15, 0.2) is 6.10 Å². The molecule has 0 saturated heterocycles. The fraction of sp³-hybridized carbons (Fsp3) is 0.727. The Morgan fingerprint density at radius 3 is 1.29 bits per heavy atom. The molecule has 2 atom stereocenters. The highest BCUT2D eigenvalue weighted by Gasteiger charge is 2.25. The molecule has 362 valence electrons. The average Bonchev–Trinajstić information content (AvgIpc) is 3.24. The van der Waals surface area contributed by atoms with Crippen LogP contribution in [-0.2, 0) is 28.6 Å². The summed E-state index contributed by atoms with van der Waals surface area (Å²) in [6.45, 7) is 4.49. The maximum absolute atomic E-state index is 12.8. The second-order valence-electron chi connectivity index (χ2n) is 18.0. The van der Waals surface area contributed by atoms with Crippen molar-refractivity contribution < 1.29 is 38.2 Å². The summed E-state index contributed by atoms with van der Waals surface area (Å²) in [5.41, 5.74) is 0. The summed E-state index contributed by atoms with van der Waals surface area (Å²) in [5.74, 6) is -1.84. The Hall–Kier alpha value is -3.23. The minimum atomic E-state index is -1.13. The zero-order valence-electron chi connectivity index (χ0n) is 41.2. The molecule has 0 heterocycles. The van der Waals surface area contributed by atoms with Crippen molar-refractivity contribution in [3.63, 3.8) is 0 Å². The molecule has 0 aliphatic carbocycles. The highest BCUT2D eigenvalue weighted by molar-refractivity contribution is 5.70. The molecule has 0 fully saturated rings. The van der Waals surface area contributed by atoms with Crippen LogP contribution in [0.4, 0.5) is 0 Å².